The molecule has 6 nitrogen and oxygen atoms in total. The van der Waals surface area contributed by atoms with Gasteiger partial charge in [-0.2, -0.15) is 0 Å². The van der Waals surface area contributed by atoms with E-state index in [1.54, 1.807) is 0 Å². The monoisotopic (exact) mass is 284 g/mol. The van der Waals surface area contributed by atoms with Crippen LogP contribution in [0, 0.1) is 0 Å². The number of benzene rings is 1. The van der Waals surface area contributed by atoms with Crippen LogP contribution in [0.2, 0.25) is 0 Å². The van der Waals surface area contributed by atoms with Gasteiger partial charge >= 0.3 is 0 Å². The Bertz CT molecular complexity index is 594. The lowest BCUT2D eigenvalue weighted by Gasteiger charge is -2.26. The molecule has 0 atom stereocenters. The molecule has 3 N–H and O–H groups in total. The highest BCUT2D eigenvalue weighted by atomic mass is 32.2. The molecule has 0 unspecified atom stereocenters. The van der Waals surface area contributed by atoms with Crippen molar-refractivity contribution in [2.75, 3.05) is 7.11 Å². The predicted molar refractivity (Wildman–Crippen MR) is 69.5 cm³/mol. The number of hydrogen-bond acceptors (Lipinski definition) is 4. The van der Waals surface area contributed by atoms with Crippen LogP contribution in [0.4, 0.5) is 0 Å². The molecule has 0 aromatic heterocycles. The highest BCUT2D eigenvalue weighted by molar-refractivity contribution is 7.89. The second-order valence-corrected chi connectivity index (χ2v) is 6.04. The number of hydrogen-bond donors (Lipinski definition) is 2. The Labute approximate surface area is 112 Å². The van der Waals surface area contributed by atoms with Crippen LogP contribution in [0.5, 0.6) is 5.75 Å². The molecule has 1 fully saturated rings. The Balaban J connectivity index is 2.29. The van der Waals surface area contributed by atoms with Crippen LogP contribution in [0.15, 0.2) is 23.1 Å². The van der Waals surface area contributed by atoms with Crippen LogP contribution in [0.1, 0.15) is 29.6 Å². The summed E-state index contributed by atoms with van der Waals surface area (Å²) in [6.45, 7) is 0. The summed E-state index contributed by atoms with van der Waals surface area (Å²) >= 11 is 0. The lowest BCUT2D eigenvalue weighted by molar-refractivity contribution is 0.0916. The molecule has 0 aliphatic heterocycles. The van der Waals surface area contributed by atoms with Gasteiger partial charge in [0.15, 0.2) is 0 Å². The van der Waals surface area contributed by atoms with E-state index in [4.69, 9.17) is 9.88 Å². The van der Waals surface area contributed by atoms with E-state index in [2.05, 4.69) is 5.32 Å². The third-order valence-electron chi connectivity index (χ3n) is 3.17. The van der Waals surface area contributed by atoms with Crippen molar-refractivity contribution in [3.8, 4) is 5.75 Å². The maximum atomic E-state index is 11.9. The second kappa shape index (κ2) is 5.18. The average Bonchev–Trinajstić information content (AvgIpc) is 2.31. The van der Waals surface area contributed by atoms with E-state index >= 15 is 0 Å². The van der Waals surface area contributed by atoms with Crippen LogP contribution < -0.4 is 15.2 Å². The van der Waals surface area contributed by atoms with Crippen LogP contribution in [-0.4, -0.2) is 27.5 Å². The first-order valence-electron chi connectivity index (χ1n) is 5.93. The molecular weight excluding hydrogens is 268 g/mol. The number of nitrogens with one attached hydrogen (secondary N) is 1. The topological polar surface area (TPSA) is 98.5 Å². The third kappa shape index (κ3) is 3.05. The van der Waals surface area contributed by atoms with Gasteiger partial charge in [0.2, 0.25) is 10.0 Å². The fourth-order valence-corrected chi connectivity index (χ4v) is 2.58. The second-order valence-electron chi connectivity index (χ2n) is 4.51. The summed E-state index contributed by atoms with van der Waals surface area (Å²) in [7, 11) is -2.58. The number of ether oxygens (including phenoxy) is 1. The van der Waals surface area contributed by atoms with E-state index in [0.29, 0.717) is 0 Å². The summed E-state index contributed by atoms with van der Waals surface area (Å²) in [5, 5.41) is 7.93. The minimum atomic E-state index is -3.93. The van der Waals surface area contributed by atoms with Gasteiger partial charge in [-0.05, 0) is 37.5 Å². The lowest BCUT2D eigenvalue weighted by atomic mass is 9.93. The van der Waals surface area contributed by atoms with Gasteiger partial charge in [0, 0.05) is 11.6 Å². The minimum Gasteiger partial charge on any atom is -0.495 e. The zero-order chi connectivity index (χ0) is 14.0. The molecule has 1 amide bonds. The lowest BCUT2D eigenvalue weighted by Crippen LogP contribution is -2.39. The van der Waals surface area contributed by atoms with Crippen molar-refractivity contribution in [1.29, 1.82) is 0 Å². The van der Waals surface area contributed by atoms with Crippen molar-refractivity contribution in [1.82, 2.24) is 5.32 Å². The quantitative estimate of drug-likeness (QED) is 0.847. The highest BCUT2D eigenvalue weighted by Crippen LogP contribution is 2.24. The van der Waals surface area contributed by atoms with Crippen molar-refractivity contribution in [2.24, 2.45) is 5.14 Å². The normalized spacial score (nSPS) is 15.7. The summed E-state index contributed by atoms with van der Waals surface area (Å²) < 4.78 is 27.8. The maximum Gasteiger partial charge on any atom is 0.251 e. The number of carbonyl (C=O) groups is 1. The first-order chi connectivity index (χ1) is 8.91. The Morgan fingerprint density at radius 3 is 2.58 bits per heavy atom. The predicted octanol–water partition coefficient (Wildman–Crippen LogP) is 0.625. The molecule has 0 heterocycles. The Morgan fingerprint density at radius 2 is 2.11 bits per heavy atom. The standard InChI is InChI=1S/C12H16N2O4S/c1-18-10-6-5-8(7-11(10)19(13,16)17)12(15)14-9-3-2-4-9/h5-7,9H,2-4H2,1H3,(H,14,15)(H2,13,16,17). The fourth-order valence-electron chi connectivity index (χ4n) is 1.86. The molecule has 7 heteroatoms. The molecule has 1 aromatic carbocycles. The number of methoxy groups -OCH3 is 1. The molecule has 1 aromatic rings. The molecule has 1 saturated carbocycles. The first kappa shape index (κ1) is 13.8. The Morgan fingerprint density at radius 1 is 1.42 bits per heavy atom. The fraction of sp³-hybridized carbons (Fsp3) is 0.417. The summed E-state index contributed by atoms with van der Waals surface area (Å²) in [4.78, 5) is 11.8. The van der Waals surface area contributed by atoms with Crippen molar-refractivity contribution in [2.45, 2.75) is 30.2 Å². The molecule has 0 bridgehead atoms. The smallest absolute Gasteiger partial charge is 0.251 e. The number of rotatable bonds is 4. The van der Waals surface area contributed by atoms with E-state index < -0.39 is 10.0 Å². The Kier molecular flexibility index (Phi) is 3.77. The summed E-state index contributed by atoms with van der Waals surface area (Å²) in [5.41, 5.74) is 0.261. The van der Waals surface area contributed by atoms with Crippen LogP contribution in [0.3, 0.4) is 0 Å². The average molecular weight is 284 g/mol. The van der Waals surface area contributed by atoms with Crippen LogP contribution in [0.25, 0.3) is 0 Å². The first-order valence-corrected chi connectivity index (χ1v) is 7.48. The largest absolute Gasteiger partial charge is 0.495 e. The van der Waals surface area contributed by atoms with E-state index in [0.717, 1.165) is 19.3 Å². The molecule has 19 heavy (non-hydrogen) atoms. The van der Waals surface area contributed by atoms with E-state index in [-0.39, 0.29) is 28.2 Å². The van der Waals surface area contributed by atoms with Crippen molar-refractivity contribution >= 4 is 15.9 Å². The van der Waals surface area contributed by atoms with Gasteiger partial charge in [0.1, 0.15) is 10.6 Å². The third-order valence-corrected chi connectivity index (χ3v) is 4.10. The van der Waals surface area contributed by atoms with E-state index in [1.807, 2.05) is 0 Å². The van der Waals surface area contributed by atoms with Crippen LogP contribution >= 0.6 is 0 Å². The molecule has 2 rings (SSSR count). The molecule has 0 radical (unpaired) electrons. The molecule has 1 aliphatic carbocycles. The minimum absolute atomic E-state index is 0.127. The summed E-state index contributed by atoms with van der Waals surface area (Å²) in [5.74, 6) is -0.167. The van der Waals surface area contributed by atoms with Gasteiger partial charge in [0.25, 0.3) is 5.91 Å². The number of primary sulfonamides is 1. The van der Waals surface area contributed by atoms with Crippen LogP contribution in [-0.2, 0) is 10.0 Å². The van der Waals surface area contributed by atoms with Crippen molar-refractivity contribution in [3.63, 3.8) is 0 Å². The summed E-state index contributed by atoms with van der Waals surface area (Å²) in [6, 6.07) is 4.37. The zero-order valence-electron chi connectivity index (χ0n) is 10.5. The van der Waals surface area contributed by atoms with Gasteiger partial charge in [-0.15, -0.1) is 0 Å². The van der Waals surface area contributed by atoms with Gasteiger partial charge in [-0.3, -0.25) is 4.79 Å². The molecule has 0 spiro atoms. The van der Waals surface area contributed by atoms with Gasteiger partial charge in [-0.25, -0.2) is 13.6 Å². The Hall–Kier alpha value is -1.60. The van der Waals surface area contributed by atoms with Gasteiger partial charge in [0.05, 0.1) is 7.11 Å². The molecule has 104 valence electrons. The highest BCUT2D eigenvalue weighted by Gasteiger charge is 2.22. The number of nitrogens with two attached hydrogens (primary N) is 1. The van der Waals surface area contributed by atoms with Gasteiger partial charge < -0.3 is 10.1 Å². The zero-order valence-corrected chi connectivity index (χ0v) is 11.4. The number of carbonyl (C=O) groups excluding carboxylic acids is 1. The SMILES string of the molecule is COc1ccc(C(=O)NC2CCC2)cc1S(N)(=O)=O. The van der Waals surface area contributed by atoms with Gasteiger partial charge in [-0.1, -0.05) is 0 Å². The van der Waals surface area contributed by atoms with E-state index in [1.165, 1.54) is 25.3 Å². The molecular formula is C12H16N2O4S. The van der Waals surface area contributed by atoms with E-state index in [9.17, 15) is 13.2 Å². The van der Waals surface area contributed by atoms with Crippen molar-refractivity contribution < 1.29 is 17.9 Å². The summed E-state index contributed by atoms with van der Waals surface area (Å²) in [6.07, 6.45) is 3.03. The molecule has 0 saturated heterocycles. The maximum absolute atomic E-state index is 11.9. The van der Waals surface area contributed by atoms with Crippen molar-refractivity contribution in [3.05, 3.63) is 23.8 Å². The number of sulfonamides is 1. The molecule has 1 aliphatic rings. The number of amides is 1.